The van der Waals surface area contributed by atoms with Gasteiger partial charge in [0, 0.05) is 11.8 Å². The first-order valence-corrected chi connectivity index (χ1v) is 9.11. The van der Waals surface area contributed by atoms with Crippen molar-refractivity contribution >= 4 is 23.6 Å². The van der Waals surface area contributed by atoms with Crippen molar-refractivity contribution in [2.75, 3.05) is 18.5 Å². The van der Waals surface area contributed by atoms with Crippen LogP contribution in [-0.4, -0.2) is 25.1 Å². The summed E-state index contributed by atoms with van der Waals surface area (Å²) in [5.41, 5.74) is 1.85. The number of amides is 1. The third-order valence-electron chi connectivity index (χ3n) is 3.72. The van der Waals surface area contributed by atoms with Crippen LogP contribution < -0.4 is 10.1 Å². The molecule has 0 saturated carbocycles. The zero-order valence-electron chi connectivity index (χ0n) is 15.7. The summed E-state index contributed by atoms with van der Waals surface area (Å²) >= 11 is 0. The third-order valence-corrected chi connectivity index (χ3v) is 3.72. The first-order chi connectivity index (χ1) is 13.1. The topological polar surface area (TPSA) is 64.6 Å². The van der Waals surface area contributed by atoms with E-state index in [9.17, 15) is 9.59 Å². The molecule has 0 aliphatic rings. The number of hydrogen-bond donors (Lipinski definition) is 1. The molecular formula is C22H25NO4. The maximum atomic E-state index is 12.1. The Morgan fingerprint density at radius 3 is 2.56 bits per heavy atom. The summed E-state index contributed by atoms with van der Waals surface area (Å²) in [4.78, 5) is 24.1. The molecule has 2 aromatic carbocycles. The Kier molecular flexibility index (Phi) is 8.10. The molecule has 0 aliphatic carbocycles. The monoisotopic (exact) mass is 367 g/mol. The van der Waals surface area contributed by atoms with Crippen molar-refractivity contribution < 1.29 is 19.1 Å². The van der Waals surface area contributed by atoms with Gasteiger partial charge in [-0.3, -0.25) is 4.79 Å². The lowest BCUT2D eigenvalue weighted by Gasteiger charge is -2.06. The minimum Gasteiger partial charge on any atom is -0.494 e. The standard InChI is InChI=1S/C22H25NO4/c1-3-5-15-27-22(25)18-7-6-8-19(16-18)23-21(24)14-11-17-9-12-20(13-10-17)26-4-2/h6-14,16H,3-5,15H2,1-2H3,(H,23,24). The van der Waals surface area contributed by atoms with Crippen LogP contribution in [0.4, 0.5) is 5.69 Å². The second-order valence-electron chi connectivity index (χ2n) is 5.89. The minimum atomic E-state index is -0.385. The van der Waals surface area contributed by atoms with Crippen LogP contribution in [0.1, 0.15) is 42.6 Å². The molecule has 1 N–H and O–H groups in total. The summed E-state index contributed by atoms with van der Waals surface area (Å²) in [5, 5.41) is 2.75. The number of carbonyl (C=O) groups excluding carboxylic acids is 2. The predicted octanol–water partition coefficient (Wildman–Crippen LogP) is 4.69. The van der Waals surface area contributed by atoms with Crippen LogP contribution >= 0.6 is 0 Å². The summed E-state index contributed by atoms with van der Waals surface area (Å²) in [6, 6.07) is 14.2. The van der Waals surface area contributed by atoms with Crippen LogP contribution in [0.15, 0.2) is 54.6 Å². The van der Waals surface area contributed by atoms with Crippen LogP contribution in [0.25, 0.3) is 6.08 Å². The van der Waals surface area contributed by atoms with Gasteiger partial charge in [0.15, 0.2) is 0 Å². The highest BCUT2D eigenvalue weighted by atomic mass is 16.5. The normalized spacial score (nSPS) is 10.6. The molecule has 0 spiro atoms. The van der Waals surface area contributed by atoms with Crippen LogP contribution in [0.3, 0.4) is 0 Å². The number of esters is 1. The molecule has 2 rings (SSSR count). The lowest BCUT2D eigenvalue weighted by atomic mass is 10.2. The van der Waals surface area contributed by atoms with Gasteiger partial charge >= 0.3 is 5.97 Å². The number of carbonyl (C=O) groups is 2. The van der Waals surface area contributed by atoms with Gasteiger partial charge in [-0.25, -0.2) is 4.79 Å². The maximum Gasteiger partial charge on any atom is 0.338 e. The summed E-state index contributed by atoms with van der Waals surface area (Å²) in [5.74, 6) is 0.131. The van der Waals surface area contributed by atoms with Crippen molar-refractivity contribution in [3.8, 4) is 5.75 Å². The second kappa shape index (κ2) is 10.8. The van der Waals surface area contributed by atoms with Gasteiger partial charge in [0.25, 0.3) is 0 Å². The molecule has 0 fully saturated rings. The lowest BCUT2D eigenvalue weighted by Crippen LogP contribution is -2.10. The lowest BCUT2D eigenvalue weighted by molar-refractivity contribution is -0.111. The van der Waals surface area contributed by atoms with E-state index in [2.05, 4.69) is 5.32 Å². The quantitative estimate of drug-likeness (QED) is 0.397. The molecule has 2 aromatic rings. The molecule has 27 heavy (non-hydrogen) atoms. The Labute approximate surface area is 160 Å². The van der Waals surface area contributed by atoms with Crippen molar-refractivity contribution in [1.82, 2.24) is 0 Å². The molecule has 0 bridgehead atoms. The van der Waals surface area contributed by atoms with E-state index in [-0.39, 0.29) is 11.9 Å². The molecule has 0 heterocycles. The highest BCUT2D eigenvalue weighted by Gasteiger charge is 2.08. The molecule has 0 aromatic heterocycles. The van der Waals surface area contributed by atoms with Gasteiger partial charge in [-0.1, -0.05) is 31.5 Å². The number of unbranched alkanes of at least 4 members (excludes halogenated alkanes) is 1. The molecule has 142 valence electrons. The van der Waals surface area contributed by atoms with Crippen molar-refractivity contribution in [3.05, 3.63) is 65.7 Å². The summed E-state index contributed by atoms with van der Waals surface area (Å²) in [7, 11) is 0. The van der Waals surface area contributed by atoms with E-state index in [0.29, 0.717) is 24.5 Å². The van der Waals surface area contributed by atoms with Crippen molar-refractivity contribution in [1.29, 1.82) is 0 Å². The fourth-order valence-electron chi connectivity index (χ4n) is 2.31. The van der Waals surface area contributed by atoms with E-state index >= 15 is 0 Å². The molecule has 0 saturated heterocycles. The van der Waals surface area contributed by atoms with E-state index in [0.717, 1.165) is 24.2 Å². The minimum absolute atomic E-state index is 0.277. The first kappa shape index (κ1) is 20.2. The molecule has 5 heteroatoms. The van der Waals surface area contributed by atoms with Gasteiger partial charge in [-0.2, -0.15) is 0 Å². The Morgan fingerprint density at radius 1 is 1.07 bits per heavy atom. The molecule has 0 atom stereocenters. The largest absolute Gasteiger partial charge is 0.494 e. The molecule has 5 nitrogen and oxygen atoms in total. The zero-order valence-corrected chi connectivity index (χ0v) is 15.7. The van der Waals surface area contributed by atoms with Crippen LogP contribution in [-0.2, 0) is 9.53 Å². The number of anilines is 1. The Morgan fingerprint density at radius 2 is 1.85 bits per heavy atom. The average Bonchev–Trinajstić information content (AvgIpc) is 2.68. The number of rotatable bonds is 9. The Hall–Kier alpha value is -3.08. The van der Waals surface area contributed by atoms with Gasteiger partial charge in [-0.05, 0) is 55.3 Å². The summed E-state index contributed by atoms with van der Waals surface area (Å²) < 4.78 is 10.6. The molecule has 0 radical (unpaired) electrons. The van der Waals surface area contributed by atoms with Crippen molar-refractivity contribution in [2.24, 2.45) is 0 Å². The zero-order chi connectivity index (χ0) is 19.5. The van der Waals surface area contributed by atoms with E-state index in [4.69, 9.17) is 9.47 Å². The highest BCUT2D eigenvalue weighted by molar-refractivity contribution is 6.02. The van der Waals surface area contributed by atoms with E-state index in [1.165, 1.54) is 6.08 Å². The smallest absolute Gasteiger partial charge is 0.338 e. The highest BCUT2D eigenvalue weighted by Crippen LogP contribution is 2.14. The Bertz CT molecular complexity index is 781. The third kappa shape index (κ3) is 6.98. The molecule has 0 unspecified atom stereocenters. The fourth-order valence-corrected chi connectivity index (χ4v) is 2.31. The molecule has 0 aliphatic heterocycles. The van der Waals surface area contributed by atoms with Crippen molar-refractivity contribution in [2.45, 2.75) is 26.7 Å². The summed E-state index contributed by atoms with van der Waals surface area (Å²) in [6.45, 7) is 4.97. The number of benzene rings is 2. The van der Waals surface area contributed by atoms with Crippen molar-refractivity contribution in [3.63, 3.8) is 0 Å². The van der Waals surface area contributed by atoms with Gasteiger partial charge < -0.3 is 14.8 Å². The van der Waals surface area contributed by atoms with Gasteiger partial charge in [-0.15, -0.1) is 0 Å². The van der Waals surface area contributed by atoms with Crippen LogP contribution in [0.5, 0.6) is 5.75 Å². The van der Waals surface area contributed by atoms with Gasteiger partial charge in [0.05, 0.1) is 18.8 Å². The first-order valence-electron chi connectivity index (χ1n) is 9.11. The maximum absolute atomic E-state index is 12.1. The number of ether oxygens (including phenoxy) is 2. The average molecular weight is 367 g/mol. The number of hydrogen-bond acceptors (Lipinski definition) is 4. The Balaban J connectivity index is 1.93. The van der Waals surface area contributed by atoms with Gasteiger partial charge in [0.2, 0.25) is 5.91 Å². The fraction of sp³-hybridized carbons (Fsp3) is 0.273. The van der Waals surface area contributed by atoms with E-state index < -0.39 is 0 Å². The van der Waals surface area contributed by atoms with Crippen LogP contribution in [0, 0.1) is 0 Å². The second-order valence-corrected chi connectivity index (χ2v) is 5.89. The SMILES string of the molecule is CCCCOC(=O)c1cccc(NC(=O)C=Cc2ccc(OCC)cc2)c1. The van der Waals surface area contributed by atoms with Crippen LogP contribution in [0.2, 0.25) is 0 Å². The van der Waals surface area contributed by atoms with Gasteiger partial charge in [0.1, 0.15) is 5.75 Å². The molecular weight excluding hydrogens is 342 g/mol. The molecule has 1 amide bonds. The number of nitrogens with one attached hydrogen (secondary N) is 1. The van der Waals surface area contributed by atoms with E-state index in [1.54, 1.807) is 30.3 Å². The van der Waals surface area contributed by atoms with E-state index in [1.807, 2.05) is 38.1 Å². The predicted molar refractivity (Wildman–Crippen MR) is 107 cm³/mol. The summed E-state index contributed by atoms with van der Waals surface area (Å²) in [6.07, 6.45) is 4.96.